The second-order valence-electron chi connectivity index (χ2n) is 9.18. The molecule has 3 aromatic rings. The number of carbonyl (C=O) groups is 2. The third-order valence-corrected chi connectivity index (χ3v) is 7.59. The van der Waals surface area contributed by atoms with Gasteiger partial charge in [-0.05, 0) is 48.6 Å². The summed E-state index contributed by atoms with van der Waals surface area (Å²) in [5, 5.41) is 23.5. The number of amides is 2. The van der Waals surface area contributed by atoms with Crippen LogP contribution < -0.4 is 10.9 Å². The average Bonchev–Trinajstić information content (AvgIpc) is 3.38. The highest BCUT2D eigenvalue weighted by molar-refractivity contribution is 6.30. The van der Waals surface area contributed by atoms with Gasteiger partial charge < -0.3 is 15.3 Å². The number of pyridine rings is 1. The number of nitriles is 1. The fourth-order valence-corrected chi connectivity index (χ4v) is 5.99. The van der Waals surface area contributed by atoms with E-state index in [-0.39, 0.29) is 35.8 Å². The number of hydrogen-bond donors (Lipinski definition) is 2. The fourth-order valence-electron chi connectivity index (χ4n) is 5.79. The first kappa shape index (κ1) is 22.3. The molecule has 6 rings (SSSR count). The van der Waals surface area contributed by atoms with Crippen molar-refractivity contribution in [3.63, 3.8) is 0 Å². The smallest absolute Gasteiger partial charge is 0.296 e. The Kier molecular flexibility index (Phi) is 4.75. The second-order valence-corrected chi connectivity index (χ2v) is 9.59. The summed E-state index contributed by atoms with van der Waals surface area (Å²) in [6, 6.07) is 11.5. The Morgan fingerprint density at radius 2 is 2.00 bits per heavy atom. The van der Waals surface area contributed by atoms with Crippen LogP contribution in [0.25, 0.3) is 0 Å². The summed E-state index contributed by atoms with van der Waals surface area (Å²) in [5.74, 6) is -2.45. The molecule has 8 nitrogen and oxygen atoms in total. The van der Waals surface area contributed by atoms with Crippen molar-refractivity contribution in [3.8, 4) is 11.8 Å². The minimum Gasteiger partial charge on any atom is -0.502 e. The van der Waals surface area contributed by atoms with Gasteiger partial charge in [0.25, 0.3) is 17.4 Å². The number of nitrogens with one attached hydrogen (secondary N) is 1. The zero-order valence-corrected chi connectivity index (χ0v) is 19.5. The molecule has 10 heteroatoms. The topological polar surface area (TPSA) is 115 Å². The predicted molar refractivity (Wildman–Crippen MR) is 126 cm³/mol. The van der Waals surface area contributed by atoms with Gasteiger partial charge in [-0.2, -0.15) is 5.26 Å². The van der Waals surface area contributed by atoms with E-state index in [0.717, 1.165) is 5.56 Å². The van der Waals surface area contributed by atoms with Crippen LogP contribution in [0.1, 0.15) is 55.1 Å². The summed E-state index contributed by atoms with van der Waals surface area (Å²) < 4.78 is 14.8. The van der Waals surface area contributed by atoms with E-state index in [0.29, 0.717) is 35.1 Å². The Labute approximate surface area is 209 Å². The van der Waals surface area contributed by atoms with Crippen molar-refractivity contribution in [2.45, 2.75) is 31.5 Å². The number of halogens is 2. The molecule has 0 saturated carbocycles. The van der Waals surface area contributed by atoms with E-state index in [2.05, 4.69) is 11.4 Å². The molecule has 1 spiro atoms. The monoisotopic (exact) mass is 504 g/mol. The Morgan fingerprint density at radius 1 is 1.19 bits per heavy atom. The predicted octanol–water partition coefficient (Wildman–Crippen LogP) is 2.81. The minimum atomic E-state index is -1.30. The lowest BCUT2D eigenvalue weighted by Gasteiger charge is -2.32. The van der Waals surface area contributed by atoms with Gasteiger partial charge in [0.05, 0.1) is 22.2 Å². The van der Waals surface area contributed by atoms with E-state index in [1.54, 1.807) is 12.1 Å². The molecule has 0 unspecified atom stereocenters. The van der Waals surface area contributed by atoms with Crippen LogP contribution in [0.4, 0.5) is 4.39 Å². The van der Waals surface area contributed by atoms with E-state index in [4.69, 9.17) is 11.6 Å². The molecule has 180 valence electrons. The molecule has 0 bridgehead atoms. The zero-order valence-electron chi connectivity index (χ0n) is 18.8. The molecule has 2 amide bonds. The van der Waals surface area contributed by atoms with E-state index < -0.39 is 34.6 Å². The lowest BCUT2D eigenvalue weighted by atomic mass is 9.94. The number of benzene rings is 2. The van der Waals surface area contributed by atoms with Crippen molar-refractivity contribution in [1.29, 1.82) is 5.26 Å². The quantitative estimate of drug-likeness (QED) is 0.557. The molecule has 1 atom stereocenters. The summed E-state index contributed by atoms with van der Waals surface area (Å²) in [7, 11) is 0. The number of hydrogen-bond acceptors (Lipinski definition) is 5. The van der Waals surface area contributed by atoms with E-state index in [9.17, 15) is 29.1 Å². The molecule has 0 saturated heterocycles. The summed E-state index contributed by atoms with van der Waals surface area (Å²) in [4.78, 5) is 41.7. The van der Waals surface area contributed by atoms with Gasteiger partial charge in [-0.1, -0.05) is 29.8 Å². The molecule has 36 heavy (non-hydrogen) atoms. The largest absolute Gasteiger partial charge is 0.502 e. The Morgan fingerprint density at radius 3 is 2.75 bits per heavy atom. The third kappa shape index (κ3) is 2.88. The maximum absolute atomic E-state index is 13.5. The number of rotatable bonds is 2. The van der Waals surface area contributed by atoms with Crippen LogP contribution in [0.3, 0.4) is 0 Å². The highest BCUT2D eigenvalue weighted by Gasteiger charge is 2.52. The maximum atomic E-state index is 13.5. The molecule has 3 aliphatic rings. The van der Waals surface area contributed by atoms with Gasteiger partial charge in [0, 0.05) is 24.2 Å². The molecule has 1 aromatic heterocycles. The number of aromatic nitrogens is 1. The van der Waals surface area contributed by atoms with E-state index >= 15 is 0 Å². The van der Waals surface area contributed by atoms with Crippen molar-refractivity contribution in [2.75, 3.05) is 6.54 Å². The molecule has 0 radical (unpaired) electrons. The van der Waals surface area contributed by atoms with E-state index in [1.165, 1.54) is 27.7 Å². The van der Waals surface area contributed by atoms with Crippen LogP contribution in [-0.2, 0) is 25.0 Å². The van der Waals surface area contributed by atoms with Crippen molar-refractivity contribution < 1.29 is 19.1 Å². The maximum Gasteiger partial charge on any atom is 0.296 e. The Hall–Kier alpha value is -4.16. The van der Waals surface area contributed by atoms with Crippen LogP contribution in [0, 0.1) is 17.1 Å². The third-order valence-electron chi connectivity index (χ3n) is 7.30. The highest BCUT2D eigenvalue weighted by Crippen LogP contribution is 2.45. The molecule has 2 aliphatic heterocycles. The van der Waals surface area contributed by atoms with Gasteiger partial charge in [-0.3, -0.25) is 19.0 Å². The number of aromatic hydroxyl groups is 1. The van der Waals surface area contributed by atoms with Crippen molar-refractivity contribution in [1.82, 2.24) is 14.8 Å². The van der Waals surface area contributed by atoms with Gasteiger partial charge in [0.2, 0.25) is 0 Å². The molecule has 1 aliphatic carbocycles. The first-order valence-corrected chi connectivity index (χ1v) is 11.7. The summed E-state index contributed by atoms with van der Waals surface area (Å²) in [5.41, 5.74) is 0.246. The number of fused-ring (bicyclic) bond motifs is 6. The average molecular weight is 505 g/mol. The van der Waals surface area contributed by atoms with Gasteiger partial charge in [0.1, 0.15) is 17.2 Å². The lowest BCUT2D eigenvalue weighted by Crippen LogP contribution is -2.47. The Bertz CT molecular complexity index is 1630. The number of aryl methyl sites for hydroxylation is 1. The van der Waals surface area contributed by atoms with Crippen LogP contribution in [0.2, 0.25) is 5.02 Å². The molecule has 2 aromatic carbocycles. The molecule has 2 N–H and O–H groups in total. The Balaban J connectivity index is 1.49. The van der Waals surface area contributed by atoms with Crippen molar-refractivity contribution in [3.05, 3.63) is 96.7 Å². The first-order valence-electron chi connectivity index (χ1n) is 11.4. The van der Waals surface area contributed by atoms with Gasteiger partial charge >= 0.3 is 0 Å². The van der Waals surface area contributed by atoms with Crippen LogP contribution in [-0.4, -0.2) is 32.9 Å². The van der Waals surface area contributed by atoms with Gasteiger partial charge in [0.15, 0.2) is 5.75 Å². The molecular formula is C26H18ClFN4O4. The first-order chi connectivity index (χ1) is 17.3. The van der Waals surface area contributed by atoms with Crippen LogP contribution in [0.15, 0.2) is 41.2 Å². The second kappa shape index (κ2) is 7.67. The fraction of sp³-hybridized carbons (Fsp3) is 0.231. The lowest BCUT2D eigenvalue weighted by molar-refractivity contribution is 0.0721. The highest BCUT2D eigenvalue weighted by atomic mass is 35.5. The van der Waals surface area contributed by atoms with Crippen molar-refractivity contribution >= 4 is 23.4 Å². The van der Waals surface area contributed by atoms with Gasteiger partial charge in [-0.15, -0.1) is 0 Å². The summed E-state index contributed by atoms with van der Waals surface area (Å²) in [6.07, 6.45) is 1.08. The molecule has 3 heterocycles. The van der Waals surface area contributed by atoms with Crippen LogP contribution in [0.5, 0.6) is 5.75 Å². The zero-order chi connectivity index (χ0) is 25.4. The molecule has 0 fully saturated rings. The summed E-state index contributed by atoms with van der Waals surface area (Å²) >= 11 is 5.86. The standard InChI is InChI=1S/C26H18ClFN4O4/c27-17-10-13(4-5-18(17)28)12-31-9-7-16-19(24(31)35)22(33)25(36)32-21(16)23(34)30-26(32)8-6-14-2-1-3-15(11-29)20(14)26/h1-5,10,33H,6-9,12H2,(H,30,34)/t26-/m1/s1. The molecular weight excluding hydrogens is 487 g/mol. The van der Waals surface area contributed by atoms with Crippen LogP contribution >= 0.6 is 11.6 Å². The van der Waals surface area contributed by atoms with Crippen molar-refractivity contribution in [2.24, 2.45) is 0 Å². The minimum absolute atomic E-state index is 0.0335. The van der Waals surface area contributed by atoms with Gasteiger partial charge in [-0.25, -0.2) is 4.39 Å². The SMILES string of the molecule is N#Cc1cccc2c1[C@]1(CC2)NC(=O)c2c3c(c(O)c(=O)n21)C(=O)N(Cc1ccc(F)c(Cl)c1)CC3. The van der Waals surface area contributed by atoms with E-state index in [1.807, 2.05) is 6.07 Å². The number of nitrogens with zero attached hydrogens (tertiary/aromatic N) is 3. The normalized spacial score (nSPS) is 19.6. The number of carbonyl (C=O) groups excluding carboxylic acids is 2. The summed E-state index contributed by atoms with van der Waals surface area (Å²) in [6.45, 7) is 0.303.